The van der Waals surface area contributed by atoms with Crippen LogP contribution in [0.5, 0.6) is 0 Å². The molecule has 0 bridgehead atoms. The Hall–Kier alpha value is -2.56. The van der Waals surface area contributed by atoms with Crippen LogP contribution < -0.4 is 11.1 Å². The number of benzene rings is 2. The zero-order valence-electron chi connectivity index (χ0n) is 11.5. The van der Waals surface area contributed by atoms with Crippen LogP contribution in [0.1, 0.15) is 13.8 Å². The van der Waals surface area contributed by atoms with Crippen LogP contribution in [-0.2, 0) is 9.63 Å². The van der Waals surface area contributed by atoms with Crippen molar-refractivity contribution in [1.82, 2.24) is 0 Å². The molecule has 0 heterocycles. The molecule has 0 saturated heterocycles. The number of carbonyl (C=O) groups is 1. The van der Waals surface area contributed by atoms with Gasteiger partial charge in [0.05, 0.1) is 0 Å². The van der Waals surface area contributed by atoms with Gasteiger partial charge in [0.1, 0.15) is 11.9 Å². The summed E-state index contributed by atoms with van der Waals surface area (Å²) in [6.45, 7) is 3.26. The van der Waals surface area contributed by atoms with Crippen molar-refractivity contribution in [2.24, 2.45) is 10.9 Å². The molecular weight excluding hydrogens is 254 g/mol. The van der Waals surface area contributed by atoms with Crippen molar-refractivity contribution in [2.45, 2.75) is 19.9 Å². The fourth-order valence-corrected chi connectivity index (χ4v) is 1.78. The molecule has 0 aliphatic heterocycles. The maximum Gasteiger partial charge on any atom is 0.356 e. The number of nitrogens with two attached hydrogens (primary N) is 1. The molecule has 104 valence electrons. The van der Waals surface area contributed by atoms with Gasteiger partial charge in [0.2, 0.25) is 0 Å². The molecule has 2 aromatic rings. The maximum absolute atomic E-state index is 11.7. The summed E-state index contributed by atoms with van der Waals surface area (Å²) >= 11 is 0. The van der Waals surface area contributed by atoms with Crippen molar-refractivity contribution in [3.8, 4) is 0 Å². The Balaban J connectivity index is 2.07. The van der Waals surface area contributed by atoms with E-state index in [1.54, 1.807) is 13.8 Å². The van der Waals surface area contributed by atoms with Gasteiger partial charge in [-0.3, -0.25) is 0 Å². The zero-order chi connectivity index (χ0) is 14.5. The standard InChI is InChI=1S/C15H17N3O2/c1-10(15(19)20-18-11(2)16)17-14-8-7-12-5-3-4-6-13(12)9-14/h3-10,17H,1-2H3,(H2,16,18). The second kappa shape index (κ2) is 6.06. The molecule has 0 fully saturated rings. The molecule has 2 aromatic carbocycles. The molecule has 0 aliphatic rings. The molecule has 3 N–H and O–H groups in total. The number of rotatable bonds is 4. The van der Waals surface area contributed by atoms with E-state index in [0.29, 0.717) is 0 Å². The number of hydrogen-bond acceptors (Lipinski definition) is 4. The molecule has 0 saturated carbocycles. The Bertz CT molecular complexity index is 648. The summed E-state index contributed by atoms with van der Waals surface area (Å²) in [6.07, 6.45) is 0. The second-order valence-electron chi connectivity index (χ2n) is 4.57. The van der Waals surface area contributed by atoms with Gasteiger partial charge in [-0.1, -0.05) is 35.5 Å². The average Bonchev–Trinajstić information content (AvgIpc) is 2.44. The van der Waals surface area contributed by atoms with Gasteiger partial charge in [0.15, 0.2) is 0 Å². The van der Waals surface area contributed by atoms with Crippen molar-refractivity contribution in [2.75, 3.05) is 5.32 Å². The van der Waals surface area contributed by atoms with Crippen LogP contribution in [0.15, 0.2) is 47.6 Å². The van der Waals surface area contributed by atoms with Crippen LogP contribution >= 0.6 is 0 Å². The molecule has 20 heavy (non-hydrogen) atoms. The summed E-state index contributed by atoms with van der Waals surface area (Å²) in [5.74, 6) is -0.279. The first-order valence-corrected chi connectivity index (χ1v) is 6.32. The summed E-state index contributed by atoms with van der Waals surface area (Å²) in [5.41, 5.74) is 6.16. The molecule has 0 amide bonds. The lowest BCUT2D eigenvalue weighted by Gasteiger charge is -2.12. The minimum absolute atomic E-state index is 0.205. The first kappa shape index (κ1) is 13.9. The molecule has 2 rings (SSSR count). The number of nitrogens with zero attached hydrogens (tertiary/aromatic N) is 1. The van der Waals surface area contributed by atoms with Gasteiger partial charge in [0.25, 0.3) is 0 Å². The highest BCUT2D eigenvalue weighted by atomic mass is 16.7. The van der Waals surface area contributed by atoms with E-state index in [-0.39, 0.29) is 5.84 Å². The Morgan fingerprint density at radius 3 is 2.65 bits per heavy atom. The Kier molecular flexibility index (Phi) is 4.20. The van der Waals surface area contributed by atoms with Crippen molar-refractivity contribution >= 4 is 28.3 Å². The second-order valence-corrected chi connectivity index (χ2v) is 4.57. The van der Waals surface area contributed by atoms with E-state index in [2.05, 4.69) is 15.3 Å². The molecule has 5 heteroatoms. The Morgan fingerprint density at radius 1 is 1.25 bits per heavy atom. The van der Waals surface area contributed by atoms with Gasteiger partial charge in [-0.15, -0.1) is 0 Å². The van der Waals surface area contributed by atoms with Gasteiger partial charge in [-0.05, 0) is 36.8 Å². The first-order chi connectivity index (χ1) is 9.56. The van der Waals surface area contributed by atoms with E-state index >= 15 is 0 Å². The number of carbonyl (C=O) groups excluding carboxylic acids is 1. The monoisotopic (exact) mass is 271 g/mol. The highest BCUT2D eigenvalue weighted by Crippen LogP contribution is 2.19. The fraction of sp³-hybridized carbons (Fsp3) is 0.200. The minimum atomic E-state index is -0.515. The van der Waals surface area contributed by atoms with Gasteiger partial charge in [0, 0.05) is 5.69 Å². The predicted molar refractivity (Wildman–Crippen MR) is 80.4 cm³/mol. The maximum atomic E-state index is 11.7. The first-order valence-electron chi connectivity index (χ1n) is 6.32. The molecular formula is C15H17N3O2. The average molecular weight is 271 g/mol. The van der Waals surface area contributed by atoms with Crippen LogP contribution in [0.25, 0.3) is 10.8 Å². The lowest BCUT2D eigenvalue weighted by molar-refractivity contribution is -0.144. The molecule has 0 spiro atoms. The number of oxime groups is 1. The number of nitrogens with one attached hydrogen (secondary N) is 1. The highest BCUT2D eigenvalue weighted by molar-refractivity contribution is 5.87. The number of amidine groups is 1. The van der Waals surface area contributed by atoms with E-state index in [1.807, 2.05) is 42.5 Å². The largest absolute Gasteiger partial charge is 0.385 e. The molecule has 0 radical (unpaired) electrons. The van der Waals surface area contributed by atoms with Gasteiger partial charge >= 0.3 is 5.97 Å². The van der Waals surface area contributed by atoms with Crippen LogP contribution in [0, 0.1) is 0 Å². The van der Waals surface area contributed by atoms with Crippen molar-refractivity contribution < 1.29 is 9.63 Å². The van der Waals surface area contributed by atoms with E-state index < -0.39 is 12.0 Å². The zero-order valence-corrected chi connectivity index (χ0v) is 11.5. The van der Waals surface area contributed by atoms with Crippen LogP contribution in [0.3, 0.4) is 0 Å². The van der Waals surface area contributed by atoms with E-state index in [4.69, 9.17) is 5.73 Å². The van der Waals surface area contributed by atoms with E-state index in [9.17, 15) is 4.79 Å². The molecule has 1 unspecified atom stereocenters. The van der Waals surface area contributed by atoms with E-state index in [1.165, 1.54) is 0 Å². The van der Waals surface area contributed by atoms with Crippen LogP contribution in [0.2, 0.25) is 0 Å². The van der Waals surface area contributed by atoms with Crippen molar-refractivity contribution in [1.29, 1.82) is 0 Å². The predicted octanol–water partition coefficient (Wildman–Crippen LogP) is 2.48. The number of hydrogen-bond donors (Lipinski definition) is 2. The molecule has 1 atom stereocenters. The van der Waals surface area contributed by atoms with E-state index in [0.717, 1.165) is 16.5 Å². The van der Waals surface area contributed by atoms with Gasteiger partial charge in [-0.2, -0.15) is 0 Å². The normalized spacial score (nSPS) is 13.0. The minimum Gasteiger partial charge on any atom is -0.385 e. The third-order valence-corrected chi connectivity index (χ3v) is 2.77. The third-order valence-electron chi connectivity index (χ3n) is 2.77. The van der Waals surface area contributed by atoms with Gasteiger partial charge < -0.3 is 15.9 Å². The lowest BCUT2D eigenvalue weighted by atomic mass is 10.1. The molecule has 0 aromatic heterocycles. The van der Waals surface area contributed by atoms with Crippen molar-refractivity contribution in [3.63, 3.8) is 0 Å². The summed E-state index contributed by atoms with van der Waals surface area (Å²) in [4.78, 5) is 16.4. The summed E-state index contributed by atoms with van der Waals surface area (Å²) in [7, 11) is 0. The SMILES string of the molecule is C/C(N)=N\OC(=O)C(C)Nc1ccc2ccccc2c1. The lowest BCUT2D eigenvalue weighted by Crippen LogP contribution is -2.27. The number of fused-ring (bicyclic) bond motifs is 1. The van der Waals surface area contributed by atoms with Crippen LogP contribution in [0.4, 0.5) is 5.69 Å². The fourth-order valence-electron chi connectivity index (χ4n) is 1.78. The van der Waals surface area contributed by atoms with Gasteiger partial charge in [-0.25, -0.2) is 4.79 Å². The highest BCUT2D eigenvalue weighted by Gasteiger charge is 2.14. The smallest absolute Gasteiger partial charge is 0.356 e. The number of anilines is 1. The summed E-state index contributed by atoms with van der Waals surface area (Å²) < 4.78 is 0. The summed E-state index contributed by atoms with van der Waals surface area (Å²) in [5, 5.41) is 8.77. The van der Waals surface area contributed by atoms with Crippen molar-refractivity contribution in [3.05, 3.63) is 42.5 Å². The topological polar surface area (TPSA) is 76.7 Å². The summed E-state index contributed by atoms with van der Waals surface area (Å²) in [6, 6.07) is 13.4. The Labute approximate surface area is 117 Å². The quantitative estimate of drug-likeness (QED) is 0.387. The third kappa shape index (κ3) is 3.47. The molecule has 0 aliphatic carbocycles. The van der Waals surface area contributed by atoms with Crippen LogP contribution in [-0.4, -0.2) is 17.8 Å². The Morgan fingerprint density at radius 2 is 1.95 bits per heavy atom. The molecule has 5 nitrogen and oxygen atoms in total.